The minimum absolute atomic E-state index is 0.0143. The van der Waals surface area contributed by atoms with Crippen molar-refractivity contribution in [3.63, 3.8) is 0 Å². The first-order chi connectivity index (χ1) is 8.06. The highest BCUT2D eigenvalue weighted by atomic mass is 32.1. The van der Waals surface area contributed by atoms with E-state index in [1.165, 1.54) is 0 Å². The van der Waals surface area contributed by atoms with E-state index in [2.05, 4.69) is 4.98 Å². The van der Waals surface area contributed by atoms with Crippen molar-refractivity contribution in [3.05, 3.63) is 16.7 Å². The molecule has 5 nitrogen and oxygen atoms in total. The summed E-state index contributed by atoms with van der Waals surface area (Å²) in [6.07, 6.45) is 1.63. The van der Waals surface area contributed by atoms with Gasteiger partial charge in [-0.15, -0.1) is 0 Å². The van der Waals surface area contributed by atoms with Crippen LogP contribution in [0, 0.1) is 4.77 Å². The lowest BCUT2D eigenvalue weighted by Gasteiger charge is -2.24. The molecule has 0 spiro atoms. The maximum atomic E-state index is 12.2. The molecule has 1 rings (SSSR count). The monoisotopic (exact) mass is 257 g/mol. The Morgan fingerprint density at radius 2 is 2.18 bits per heavy atom. The third kappa shape index (κ3) is 2.76. The van der Waals surface area contributed by atoms with Gasteiger partial charge in [-0.3, -0.25) is 4.79 Å². The Balaban J connectivity index is 3.03. The zero-order chi connectivity index (χ0) is 13.0. The Labute approximate surface area is 106 Å². The van der Waals surface area contributed by atoms with E-state index in [4.69, 9.17) is 12.2 Å². The SMILES string of the molecule is CCN(CC)C(=O)C(C)n1c(CO)c[nH]c1=S. The van der Waals surface area contributed by atoms with E-state index in [1.807, 2.05) is 13.8 Å². The molecule has 1 heterocycles. The lowest BCUT2D eigenvalue weighted by atomic mass is 10.2. The average Bonchev–Trinajstić information content (AvgIpc) is 2.70. The molecule has 1 aromatic heterocycles. The third-order valence-electron chi connectivity index (χ3n) is 2.87. The summed E-state index contributed by atoms with van der Waals surface area (Å²) in [7, 11) is 0. The number of carbonyl (C=O) groups is 1. The molecule has 1 atom stereocenters. The fourth-order valence-electron chi connectivity index (χ4n) is 1.87. The van der Waals surface area contributed by atoms with Crippen molar-refractivity contribution in [3.8, 4) is 0 Å². The van der Waals surface area contributed by atoms with Crippen LogP contribution < -0.4 is 0 Å². The molecule has 1 amide bonds. The largest absolute Gasteiger partial charge is 0.390 e. The van der Waals surface area contributed by atoms with Crippen molar-refractivity contribution in [1.29, 1.82) is 0 Å². The molecule has 17 heavy (non-hydrogen) atoms. The first-order valence-electron chi connectivity index (χ1n) is 5.75. The van der Waals surface area contributed by atoms with Gasteiger partial charge in [0.2, 0.25) is 5.91 Å². The number of aromatic nitrogens is 2. The molecule has 0 fully saturated rings. The van der Waals surface area contributed by atoms with Crippen LogP contribution in [0.3, 0.4) is 0 Å². The van der Waals surface area contributed by atoms with Gasteiger partial charge in [0, 0.05) is 19.3 Å². The van der Waals surface area contributed by atoms with Crippen molar-refractivity contribution in [2.45, 2.75) is 33.4 Å². The van der Waals surface area contributed by atoms with E-state index in [1.54, 1.807) is 22.6 Å². The van der Waals surface area contributed by atoms with Crippen molar-refractivity contribution in [1.82, 2.24) is 14.5 Å². The minimum Gasteiger partial charge on any atom is -0.390 e. The number of nitrogens with one attached hydrogen (secondary N) is 1. The molecule has 0 aliphatic heterocycles. The zero-order valence-corrected chi connectivity index (χ0v) is 11.3. The second-order valence-corrected chi connectivity index (χ2v) is 4.19. The molecule has 0 saturated heterocycles. The molecule has 2 N–H and O–H groups in total. The Hall–Kier alpha value is -1.14. The predicted molar refractivity (Wildman–Crippen MR) is 68.2 cm³/mol. The number of likely N-dealkylation sites (N-methyl/N-ethyl adjacent to an activating group) is 1. The normalized spacial score (nSPS) is 12.5. The van der Waals surface area contributed by atoms with Gasteiger partial charge in [-0.2, -0.15) is 0 Å². The number of aliphatic hydroxyl groups is 1. The molecule has 0 bridgehead atoms. The van der Waals surface area contributed by atoms with Crippen LogP contribution >= 0.6 is 12.2 Å². The maximum Gasteiger partial charge on any atom is 0.245 e. The van der Waals surface area contributed by atoms with Gasteiger partial charge < -0.3 is 19.6 Å². The van der Waals surface area contributed by atoms with Crippen LogP contribution in [0.5, 0.6) is 0 Å². The topological polar surface area (TPSA) is 61.3 Å². The smallest absolute Gasteiger partial charge is 0.245 e. The van der Waals surface area contributed by atoms with Crippen molar-refractivity contribution >= 4 is 18.1 Å². The van der Waals surface area contributed by atoms with Crippen LogP contribution in [0.1, 0.15) is 32.5 Å². The van der Waals surface area contributed by atoms with Crippen LogP contribution in [-0.2, 0) is 11.4 Å². The minimum atomic E-state index is -0.393. The number of rotatable bonds is 5. The van der Waals surface area contributed by atoms with Crippen LogP contribution in [0.25, 0.3) is 0 Å². The van der Waals surface area contributed by atoms with Gasteiger partial charge in [-0.05, 0) is 33.0 Å². The highest BCUT2D eigenvalue weighted by Crippen LogP contribution is 2.14. The lowest BCUT2D eigenvalue weighted by Crippen LogP contribution is -2.36. The fourth-order valence-corrected chi connectivity index (χ4v) is 2.21. The van der Waals surface area contributed by atoms with Gasteiger partial charge >= 0.3 is 0 Å². The van der Waals surface area contributed by atoms with Gasteiger partial charge in [0.25, 0.3) is 0 Å². The molecule has 96 valence electrons. The first-order valence-corrected chi connectivity index (χ1v) is 6.16. The molecule has 6 heteroatoms. The summed E-state index contributed by atoms with van der Waals surface area (Å²) < 4.78 is 2.12. The van der Waals surface area contributed by atoms with Crippen LogP contribution in [-0.4, -0.2) is 38.6 Å². The maximum absolute atomic E-state index is 12.2. The number of aliphatic hydroxyl groups excluding tert-OH is 1. The summed E-state index contributed by atoms with van der Waals surface area (Å²) >= 11 is 5.12. The third-order valence-corrected chi connectivity index (χ3v) is 3.19. The van der Waals surface area contributed by atoms with Gasteiger partial charge in [-0.25, -0.2) is 0 Å². The molecule has 0 radical (unpaired) electrons. The number of hydrogen-bond donors (Lipinski definition) is 2. The number of aromatic amines is 1. The van der Waals surface area contributed by atoms with Gasteiger partial charge in [0.05, 0.1) is 12.3 Å². The summed E-state index contributed by atoms with van der Waals surface area (Å²) in [6.45, 7) is 6.89. The van der Waals surface area contributed by atoms with Gasteiger partial charge in [-0.1, -0.05) is 0 Å². The molecular weight excluding hydrogens is 238 g/mol. The summed E-state index contributed by atoms with van der Waals surface area (Å²) in [5, 5.41) is 9.20. The van der Waals surface area contributed by atoms with Crippen LogP contribution in [0.4, 0.5) is 0 Å². The molecular formula is C11H19N3O2S. The van der Waals surface area contributed by atoms with Crippen molar-refractivity contribution in [2.24, 2.45) is 0 Å². The van der Waals surface area contributed by atoms with Crippen LogP contribution in [0.2, 0.25) is 0 Å². The second kappa shape index (κ2) is 5.97. The van der Waals surface area contributed by atoms with E-state index in [9.17, 15) is 9.90 Å². The highest BCUT2D eigenvalue weighted by Gasteiger charge is 2.22. The molecule has 0 aliphatic rings. The van der Waals surface area contributed by atoms with Crippen molar-refractivity contribution in [2.75, 3.05) is 13.1 Å². The number of carbonyl (C=O) groups excluding carboxylic acids is 1. The average molecular weight is 257 g/mol. The summed E-state index contributed by atoms with van der Waals surface area (Å²) in [5.41, 5.74) is 0.628. The highest BCUT2D eigenvalue weighted by molar-refractivity contribution is 7.71. The van der Waals surface area contributed by atoms with Crippen molar-refractivity contribution < 1.29 is 9.90 Å². The number of hydrogen-bond acceptors (Lipinski definition) is 3. The van der Waals surface area contributed by atoms with E-state index in [0.717, 1.165) is 0 Å². The zero-order valence-electron chi connectivity index (χ0n) is 10.4. The Kier molecular flexibility index (Phi) is 4.89. The van der Waals surface area contributed by atoms with E-state index >= 15 is 0 Å². The Morgan fingerprint density at radius 3 is 2.65 bits per heavy atom. The van der Waals surface area contributed by atoms with E-state index in [0.29, 0.717) is 23.6 Å². The number of H-pyrrole nitrogens is 1. The molecule has 0 aromatic carbocycles. The molecule has 1 aromatic rings. The number of nitrogens with zero attached hydrogens (tertiary/aromatic N) is 2. The van der Waals surface area contributed by atoms with Gasteiger partial charge in [0.15, 0.2) is 4.77 Å². The Bertz CT molecular complexity index is 434. The quantitative estimate of drug-likeness (QED) is 0.785. The molecule has 1 unspecified atom stereocenters. The van der Waals surface area contributed by atoms with Crippen LogP contribution in [0.15, 0.2) is 6.20 Å². The second-order valence-electron chi connectivity index (χ2n) is 3.80. The molecule has 0 saturated carbocycles. The Morgan fingerprint density at radius 1 is 1.59 bits per heavy atom. The first kappa shape index (κ1) is 13.9. The summed E-state index contributed by atoms with van der Waals surface area (Å²) in [5.74, 6) is 0.0143. The summed E-state index contributed by atoms with van der Waals surface area (Å²) in [6, 6.07) is -0.393. The van der Waals surface area contributed by atoms with E-state index in [-0.39, 0.29) is 12.5 Å². The number of imidazole rings is 1. The standard InChI is InChI=1S/C11H19N3O2S/c1-4-13(5-2)10(16)8(3)14-9(7-15)6-12-11(14)17/h6,8,15H,4-5,7H2,1-3H3,(H,12,17). The summed E-state index contributed by atoms with van der Waals surface area (Å²) in [4.78, 5) is 16.8. The molecule has 0 aliphatic carbocycles. The predicted octanol–water partition coefficient (Wildman–Crippen LogP) is 1.47. The number of amides is 1. The van der Waals surface area contributed by atoms with Gasteiger partial charge in [0.1, 0.15) is 6.04 Å². The van der Waals surface area contributed by atoms with E-state index < -0.39 is 6.04 Å². The lowest BCUT2D eigenvalue weighted by molar-refractivity contribution is -0.134. The fraction of sp³-hybridized carbons (Fsp3) is 0.636.